The molecule has 0 saturated heterocycles. The van der Waals surface area contributed by atoms with E-state index in [9.17, 15) is 4.79 Å². The second-order valence-corrected chi connectivity index (χ2v) is 5.75. The summed E-state index contributed by atoms with van der Waals surface area (Å²) >= 11 is 1.75. The quantitative estimate of drug-likeness (QED) is 0.790. The Kier molecular flexibility index (Phi) is 3.70. The van der Waals surface area contributed by atoms with Gasteiger partial charge in [0.2, 0.25) is 0 Å². The summed E-state index contributed by atoms with van der Waals surface area (Å²) < 4.78 is 0. The Morgan fingerprint density at radius 2 is 2.25 bits per heavy atom. The van der Waals surface area contributed by atoms with Gasteiger partial charge in [-0.25, -0.2) is 0 Å². The maximum absolute atomic E-state index is 12.2. The molecule has 0 fully saturated rings. The number of fused-ring (bicyclic) bond motifs is 1. The molecule has 0 aliphatic carbocycles. The first kappa shape index (κ1) is 11.7. The molecule has 16 heavy (non-hydrogen) atoms. The third kappa shape index (κ3) is 2.32. The minimum absolute atomic E-state index is 0.166. The van der Waals surface area contributed by atoms with Crippen LogP contribution < -0.4 is 0 Å². The summed E-state index contributed by atoms with van der Waals surface area (Å²) in [6, 6.07) is 8.37. The zero-order valence-electron chi connectivity index (χ0n) is 9.90. The lowest BCUT2D eigenvalue weighted by molar-refractivity contribution is -0.122. The van der Waals surface area contributed by atoms with Crippen molar-refractivity contribution in [2.24, 2.45) is 5.92 Å². The van der Waals surface area contributed by atoms with Gasteiger partial charge in [-0.15, -0.1) is 11.8 Å². The molecular formula is C14H18OS. The van der Waals surface area contributed by atoms with Crippen molar-refractivity contribution in [2.45, 2.75) is 43.3 Å². The third-order valence-corrected chi connectivity index (χ3v) is 4.51. The minimum Gasteiger partial charge on any atom is -0.298 e. The van der Waals surface area contributed by atoms with Gasteiger partial charge in [-0.1, -0.05) is 38.5 Å². The van der Waals surface area contributed by atoms with Crippen molar-refractivity contribution in [3.8, 4) is 0 Å². The standard InChI is InChI=1S/C14H18OS/c1-3-6-10(2)14(15)13-9-11-7-4-5-8-12(11)16-13/h4-5,7-8,10,13H,3,6,9H2,1-2H3. The van der Waals surface area contributed by atoms with Crippen molar-refractivity contribution >= 4 is 17.5 Å². The molecule has 0 bridgehead atoms. The molecule has 0 aromatic heterocycles. The molecule has 0 amide bonds. The van der Waals surface area contributed by atoms with E-state index in [1.807, 2.05) is 6.07 Å². The Hall–Kier alpha value is -0.760. The van der Waals surface area contributed by atoms with Gasteiger partial charge in [0.25, 0.3) is 0 Å². The van der Waals surface area contributed by atoms with Gasteiger partial charge in [-0.05, 0) is 24.5 Å². The fraction of sp³-hybridized carbons (Fsp3) is 0.500. The molecule has 1 heterocycles. The number of Topliss-reactive ketones (excluding diaryl/α,β-unsaturated/α-hetero) is 1. The SMILES string of the molecule is CCCC(C)C(=O)C1Cc2ccccc2S1. The number of hydrogen-bond donors (Lipinski definition) is 0. The zero-order valence-corrected chi connectivity index (χ0v) is 10.7. The summed E-state index contributed by atoms with van der Waals surface area (Å²) in [5.74, 6) is 0.653. The van der Waals surface area contributed by atoms with Crippen LogP contribution in [0.2, 0.25) is 0 Å². The van der Waals surface area contributed by atoms with Crippen LogP contribution in [0.25, 0.3) is 0 Å². The van der Waals surface area contributed by atoms with Crippen LogP contribution in [-0.4, -0.2) is 11.0 Å². The monoisotopic (exact) mass is 234 g/mol. The van der Waals surface area contributed by atoms with Gasteiger partial charge in [0.05, 0.1) is 5.25 Å². The Bertz CT molecular complexity index is 361. The van der Waals surface area contributed by atoms with Gasteiger partial charge in [0, 0.05) is 10.8 Å². The molecule has 1 nitrogen and oxygen atoms in total. The topological polar surface area (TPSA) is 17.1 Å². The summed E-state index contributed by atoms with van der Waals surface area (Å²) in [5, 5.41) is 0.166. The van der Waals surface area contributed by atoms with Gasteiger partial charge in [-0.2, -0.15) is 0 Å². The average Bonchev–Trinajstić information content (AvgIpc) is 2.71. The Morgan fingerprint density at radius 3 is 2.94 bits per heavy atom. The number of carbonyl (C=O) groups is 1. The first-order chi connectivity index (χ1) is 7.72. The molecule has 1 aliphatic heterocycles. The highest BCUT2D eigenvalue weighted by Gasteiger charge is 2.30. The first-order valence-electron chi connectivity index (χ1n) is 6.00. The van der Waals surface area contributed by atoms with Crippen molar-refractivity contribution in [3.05, 3.63) is 29.8 Å². The van der Waals surface area contributed by atoms with E-state index in [2.05, 4.69) is 32.0 Å². The molecule has 2 heteroatoms. The highest BCUT2D eigenvalue weighted by Crippen LogP contribution is 2.38. The molecular weight excluding hydrogens is 216 g/mol. The normalized spacial score (nSPS) is 20.5. The summed E-state index contributed by atoms with van der Waals surface area (Å²) in [6.07, 6.45) is 3.04. The van der Waals surface area contributed by atoms with Gasteiger partial charge in [-0.3, -0.25) is 4.79 Å². The maximum Gasteiger partial charge on any atom is 0.149 e. The van der Waals surface area contributed by atoms with E-state index in [1.54, 1.807) is 11.8 Å². The van der Waals surface area contributed by atoms with Crippen LogP contribution in [0.4, 0.5) is 0 Å². The Morgan fingerprint density at radius 1 is 1.50 bits per heavy atom. The third-order valence-electron chi connectivity index (χ3n) is 3.17. The van der Waals surface area contributed by atoms with E-state index in [-0.39, 0.29) is 11.2 Å². The number of benzene rings is 1. The number of ketones is 1. The van der Waals surface area contributed by atoms with E-state index in [4.69, 9.17) is 0 Å². The van der Waals surface area contributed by atoms with Crippen molar-refractivity contribution in [2.75, 3.05) is 0 Å². The fourth-order valence-electron chi connectivity index (χ4n) is 2.23. The number of hydrogen-bond acceptors (Lipinski definition) is 2. The molecule has 0 spiro atoms. The molecule has 2 unspecified atom stereocenters. The number of carbonyl (C=O) groups excluding carboxylic acids is 1. The lowest BCUT2D eigenvalue weighted by Gasteiger charge is -2.13. The largest absolute Gasteiger partial charge is 0.298 e. The molecule has 0 radical (unpaired) electrons. The van der Waals surface area contributed by atoms with Crippen molar-refractivity contribution in [1.82, 2.24) is 0 Å². The first-order valence-corrected chi connectivity index (χ1v) is 6.88. The van der Waals surface area contributed by atoms with Crippen LogP contribution in [0, 0.1) is 5.92 Å². The van der Waals surface area contributed by atoms with E-state index >= 15 is 0 Å². The highest BCUT2D eigenvalue weighted by atomic mass is 32.2. The molecule has 86 valence electrons. The zero-order chi connectivity index (χ0) is 11.5. The molecule has 1 aliphatic rings. The summed E-state index contributed by atoms with van der Waals surface area (Å²) in [4.78, 5) is 13.5. The van der Waals surface area contributed by atoms with Crippen LogP contribution in [0.3, 0.4) is 0 Å². The summed E-state index contributed by atoms with van der Waals surface area (Å²) in [5.41, 5.74) is 1.34. The Balaban J connectivity index is 2.03. The van der Waals surface area contributed by atoms with Gasteiger partial charge in [0.1, 0.15) is 5.78 Å². The predicted octanol–water partition coefficient (Wildman–Crippen LogP) is 3.71. The van der Waals surface area contributed by atoms with Crippen LogP contribution >= 0.6 is 11.8 Å². The Labute approximate surface area is 102 Å². The smallest absolute Gasteiger partial charge is 0.149 e. The minimum atomic E-state index is 0.166. The molecule has 0 N–H and O–H groups in total. The average molecular weight is 234 g/mol. The van der Waals surface area contributed by atoms with E-state index in [0.717, 1.165) is 19.3 Å². The van der Waals surface area contributed by atoms with Crippen LogP contribution in [0.5, 0.6) is 0 Å². The van der Waals surface area contributed by atoms with Crippen molar-refractivity contribution < 1.29 is 4.79 Å². The van der Waals surface area contributed by atoms with Crippen LogP contribution in [-0.2, 0) is 11.2 Å². The second kappa shape index (κ2) is 5.05. The molecule has 0 saturated carbocycles. The van der Waals surface area contributed by atoms with Gasteiger partial charge < -0.3 is 0 Å². The van der Waals surface area contributed by atoms with Crippen LogP contribution in [0.15, 0.2) is 29.2 Å². The molecule has 2 rings (SSSR count). The van der Waals surface area contributed by atoms with E-state index in [1.165, 1.54) is 10.5 Å². The number of thioether (sulfide) groups is 1. The van der Waals surface area contributed by atoms with E-state index < -0.39 is 0 Å². The van der Waals surface area contributed by atoms with Gasteiger partial charge >= 0.3 is 0 Å². The molecule has 1 aromatic carbocycles. The number of rotatable bonds is 4. The fourth-order valence-corrected chi connectivity index (χ4v) is 3.61. The highest BCUT2D eigenvalue weighted by molar-refractivity contribution is 8.01. The molecule has 1 aromatic rings. The summed E-state index contributed by atoms with van der Waals surface area (Å²) in [6.45, 7) is 4.20. The predicted molar refractivity (Wildman–Crippen MR) is 68.9 cm³/mol. The summed E-state index contributed by atoms with van der Waals surface area (Å²) in [7, 11) is 0. The van der Waals surface area contributed by atoms with Crippen LogP contribution in [0.1, 0.15) is 32.3 Å². The van der Waals surface area contributed by atoms with E-state index in [0.29, 0.717) is 5.78 Å². The van der Waals surface area contributed by atoms with Crippen molar-refractivity contribution in [3.63, 3.8) is 0 Å². The van der Waals surface area contributed by atoms with Crippen molar-refractivity contribution in [1.29, 1.82) is 0 Å². The lowest BCUT2D eigenvalue weighted by Crippen LogP contribution is -2.23. The molecule has 2 atom stereocenters. The second-order valence-electron chi connectivity index (χ2n) is 4.51. The van der Waals surface area contributed by atoms with Gasteiger partial charge in [0.15, 0.2) is 0 Å². The lowest BCUT2D eigenvalue weighted by atomic mass is 9.96. The maximum atomic E-state index is 12.2.